The lowest BCUT2D eigenvalue weighted by atomic mass is 10.1. The summed E-state index contributed by atoms with van der Waals surface area (Å²) in [4.78, 5) is 26.8. The molecule has 1 amide bonds. The number of thioether (sulfide) groups is 1. The molecule has 4 rings (SSSR count). The first-order valence-electron chi connectivity index (χ1n) is 9.83. The first-order chi connectivity index (χ1) is 15.5. The van der Waals surface area contributed by atoms with Crippen molar-refractivity contribution in [3.8, 4) is 11.3 Å². The molecule has 1 aliphatic rings. The molecule has 0 N–H and O–H groups in total. The maximum atomic E-state index is 12.8. The zero-order valence-electron chi connectivity index (χ0n) is 17.0. The Hall–Kier alpha value is -3.42. The second-order valence-corrected chi connectivity index (χ2v) is 8.60. The van der Waals surface area contributed by atoms with E-state index in [0.717, 1.165) is 11.1 Å². The topological polar surface area (TPSA) is 59.8 Å². The average molecular weight is 462 g/mol. The van der Waals surface area contributed by atoms with E-state index in [1.54, 1.807) is 41.3 Å². The minimum Gasteiger partial charge on any atom is -0.458 e. The first-order valence-corrected chi connectivity index (χ1v) is 11.0. The molecule has 1 saturated heterocycles. The standard InChI is InChI=1S/C25H19NO4S2/c1-2-14-29-24(28)19-10-8-18(9-11-19)21-13-12-20(30-21)15-22-23(27)26(25(31)32-22)16-17-6-4-3-5-7-17/h2-13,15H,1,14,16H2/b22-15+. The second-order valence-electron chi connectivity index (χ2n) is 6.92. The van der Waals surface area contributed by atoms with Crippen LogP contribution in [0.25, 0.3) is 17.4 Å². The number of carbonyl (C=O) groups is 2. The summed E-state index contributed by atoms with van der Waals surface area (Å²) in [5, 5.41) is 0. The highest BCUT2D eigenvalue weighted by molar-refractivity contribution is 8.26. The predicted molar refractivity (Wildman–Crippen MR) is 130 cm³/mol. The molecule has 2 aromatic carbocycles. The average Bonchev–Trinajstić information content (AvgIpc) is 3.38. The molecule has 7 heteroatoms. The lowest BCUT2D eigenvalue weighted by Gasteiger charge is -2.14. The van der Waals surface area contributed by atoms with Crippen LogP contribution in [0.3, 0.4) is 0 Å². The molecule has 2 heterocycles. The van der Waals surface area contributed by atoms with Crippen molar-refractivity contribution in [2.45, 2.75) is 6.54 Å². The number of carbonyl (C=O) groups excluding carboxylic acids is 2. The van der Waals surface area contributed by atoms with E-state index < -0.39 is 5.97 Å². The van der Waals surface area contributed by atoms with Crippen molar-refractivity contribution in [2.24, 2.45) is 0 Å². The van der Waals surface area contributed by atoms with Gasteiger partial charge in [-0.2, -0.15) is 0 Å². The van der Waals surface area contributed by atoms with Crippen LogP contribution in [0.2, 0.25) is 0 Å². The Kier molecular flexibility index (Phi) is 6.68. The number of thiocarbonyl (C=S) groups is 1. The third-order valence-electron chi connectivity index (χ3n) is 4.69. The normalized spacial score (nSPS) is 14.8. The third kappa shape index (κ3) is 4.90. The highest BCUT2D eigenvalue weighted by atomic mass is 32.2. The van der Waals surface area contributed by atoms with E-state index in [1.165, 1.54) is 17.8 Å². The van der Waals surface area contributed by atoms with Gasteiger partial charge in [0.05, 0.1) is 17.0 Å². The molecule has 5 nitrogen and oxygen atoms in total. The number of hydrogen-bond donors (Lipinski definition) is 0. The van der Waals surface area contributed by atoms with Crippen molar-refractivity contribution in [1.82, 2.24) is 4.90 Å². The maximum absolute atomic E-state index is 12.8. The number of furan rings is 1. The molecular formula is C25H19NO4S2. The largest absolute Gasteiger partial charge is 0.458 e. The van der Waals surface area contributed by atoms with Crippen LogP contribution in [0, 0.1) is 0 Å². The van der Waals surface area contributed by atoms with Crippen LogP contribution in [-0.2, 0) is 16.1 Å². The summed E-state index contributed by atoms with van der Waals surface area (Å²) >= 11 is 6.67. The minimum absolute atomic E-state index is 0.135. The Bertz CT molecular complexity index is 1200. The second kappa shape index (κ2) is 9.80. The molecule has 0 aliphatic carbocycles. The van der Waals surface area contributed by atoms with Gasteiger partial charge in [-0.15, -0.1) is 0 Å². The Labute approximate surface area is 195 Å². The van der Waals surface area contributed by atoms with Gasteiger partial charge in [-0.3, -0.25) is 9.69 Å². The van der Waals surface area contributed by atoms with Crippen LogP contribution < -0.4 is 0 Å². The number of amides is 1. The van der Waals surface area contributed by atoms with E-state index in [9.17, 15) is 9.59 Å². The van der Waals surface area contributed by atoms with Gasteiger partial charge in [0.1, 0.15) is 22.4 Å². The van der Waals surface area contributed by atoms with Crippen LogP contribution >= 0.6 is 24.0 Å². The van der Waals surface area contributed by atoms with Crippen molar-refractivity contribution < 1.29 is 18.7 Å². The molecule has 1 aliphatic heterocycles. The zero-order chi connectivity index (χ0) is 22.5. The quantitative estimate of drug-likeness (QED) is 0.195. The van der Waals surface area contributed by atoms with Crippen LogP contribution in [0.1, 0.15) is 21.7 Å². The number of hydrogen-bond acceptors (Lipinski definition) is 6. The SMILES string of the molecule is C=CCOC(=O)c1ccc(-c2ccc(/C=C3/SC(=S)N(Cc4ccccc4)C3=O)o2)cc1. The Morgan fingerprint density at radius 3 is 2.56 bits per heavy atom. The van der Waals surface area contributed by atoms with E-state index in [-0.39, 0.29) is 12.5 Å². The minimum atomic E-state index is -0.408. The fourth-order valence-electron chi connectivity index (χ4n) is 3.11. The van der Waals surface area contributed by atoms with E-state index >= 15 is 0 Å². The summed E-state index contributed by atoms with van der Waals surface area (Å²) in [7, 11) is 0. The Balaban J connectivity index is 1.47. The van der Waals surface area contributed by atoms with Gasteiger partial charge in [-0.25, -0.2) is 4.79 Å². The Morgan fingerprint density at radius 1 is 1.09 bits per heavy atom. The Morgan fingerprint density at radius 2 is 1.84 bits per heavy atom. The number of benzene rings is 2. The number of nitrogens with zero attached hydrogens (tertiary/aromatic N) is 1. The smallest absolute Gasteiger partial charge is 0.338 e. The lowest BCUT2D eigenvalue weighted by molar-refractivity contribution is -0.122. The highest BCUT2D eigenvalue weighted by Gasteiger charge is 2.32. The predicted octanol–water partition coefficient (Wildman–Crippen LogP) is 5.69. The van der Waals surface area contributed by atoms with E-state index in [2.05, 4.69) is 6.58 Å². The van der Waals surface area contributed by atoms with E-state index in [1.807, 2.05) is 36.4 Å². The maximum Gasteiger partial charge on any atom is 0.338 e. The first kappa shape index (κ1) is 21.8. The van der Waals surface area contributed by atoms with Gasteiger partial charge in [0, 0.05) is 11.6 Å². The van der Waals surface area contributed by atoms with Crippen molar-refractivity contribution in [2.75, 3.05) is 6.61 Å². The molecule has 0 bridgehead atoms. The summed E-state index contributed by atoms with van der Waals surface area (Å²) in [6.45, 7) is 4.13. The van der Waals surface area contributed by atoms with Crippen molar-refractivity contribution >= 4 is 46.3 Å². The summed E-state index contributed by atoms with van der Waals surface area (Å²) in [5.74, 6) is 0.634. The highest BCUT2D eigenvalue weighted by Crippen LogP contribution is 2.34. The van der Waals surface area contributed by atoms with E-state index in [4.69, 9.17) is 21.4 Å². The van der Waals surface area contributed by atoms with Crippen LogP contribution in [0.4, 0.5) is 0 Å². The molecule has 0 spiro atoms. The zero-order valence-corrected chi connectivity index (χ0v) is 18.7. The van der Waals surface area contributed by atoms with Gasteiger partial charge in [0.15, 0.2) is 0 Å². The fraction of sp³-hybridized carbons (Fsp3) is 0.0800. The molecule has 0 atom stereocenters. The van der Waals surface area contributed by atoms with Gasteiger partial charge in [-0.05, 0) is 29.8 Å². The van der Waals surface area contributed by atoms with Crippen molar-refractivity contribution in [3.63, 3.8) is 0 Å². The molecule has 0 unspecified atom stereocenters. The molecule has 0 radical (unpaired) electrons. The summed E-state index contributed by atoms with van der Waals surface area (Å²) in [6.07, 6.45) is 3.22. The summed E-state index contributed by atoms with van der Waals surface area (Å²) in [6, 6.07) is 20.3. The molecule has 0 saturated carbocycles. The monoisotopic (exact) mass is 461 g/mol. The summed E-state index contributed by atoms with van der Waals surface area (Å²) < 4.78 is 11.5. The van der Waals surface area contributed by atoms with Gasteiger partial charge in [0.2, 0.25) is 0 Å². The van der Waals surface area contributed by atoms with Crippen LogP contribution in [-0.4, -0.2) is 27.7 Å². The van der Waals surface area contributed by atoms with Crippen LogP contribution in [0.5, 0.6) is 0 Å². The van der Waals surface area contributed by atoms with E-state index in [0.29, 0.717) is 32.9 Å². The third-order valence-corrected chi connectivity index (χ3v) is 6.07. The van der Waals surface area contributed by atoms with Crippen LogP contribution in [0.15, 0.2) is 88.7 Å². The van der Waals surface area contributed by atoms with Gasteiger partial charge < -0.3 is 9.15 Å². The summed E-state index contributed by atoms with van der Waals surface area (Å²) in [5.41, 5.74) is 2.27. The number of ether oxygens (including phenoxy) is 1. The van der Waals surface area contributed by atoms with Gasteiger partial charge in [0.25, 0.3) is 5.91 Å². The molecule has 32 heavy (non-hydrogen) atoms. The number of rotatable bonds is 7. The van der Waals surface area contributed by atoms with Gasteiger partial charge in [-0.1, -0.05) is 79.1 Å². The lowest BCUT2D eigenvalue weighted by Crippen LogP contribution is -2.27. The number of esters is 1. The molecular weight excluding hydrogens is 442 g/mol. The fourth-order valence-corrected chi connectivity index (χ4v) is 4.34. The molecule has 160 valence electrons. The molecule has 1 aromatic heterocycles. The van der Waals surface area contributed by atoms with Crippen molar-refractivity contribution in [1.29, 1.82) is 0 Å². The van der Waals surface area contributed by atoms with Gasteiger partial charge >= 0.3 is 5.97 Å². The molecule has 3 aromatic rings. The van der Waals surface area contributed by atoms with Crippen molar-refractivity contribution in [3.05, 3.63) is 101 Å². The molecule has 1 fully saturated rings.